The Bertz CT molecular complexity index is 284. The summed E-state index contributed by atoms with van der Waals surface area (Å²) in [6.45, 7) is 5.83. The Morgan fingerprint density at radius 3 is 2.81 bits per heavy atom. The van der Waals surface area contributed by atoms with Gasteiger partial charge in [0.2, 0.25) is 0 Å². The Morgan fingerprint density at radius 1 is 1.50 bits per heavy atom. The van der Waals surface area contributed by atoms with Crippen molar-refractivity contribution in [3.8, 4) is 0 Å². The van der Waals surface area contributed by atoms with Crippen molar-refractivity contribution in [2.75, 3.05) is 25.4 Å². The fourth-order valence-electron chi connectivity index (χ4n) is 1.74. The smallest absolute Gasteiger partial charge is 0.154 e. The molecule has 2 atom stereocenters. The molecule has 1 rings (SSSR count). The summed E-state index contributed by atoms with van der Waals surface area (Å²) >= 11 is 0. The number of hydrogen-bond donors (Lipinski definition) is 1. The summed E-state index contributed by atoms with van der Waals surface area (Å²) < 4.78 is 28.8. The molecular formula is C11H23NO3S. The van der Waals surface area contributed by atoms with Gasteiger partial charge in [-0.15, -0.1) is 0 Å². The van der Waals surface area contributed by atoms with Crippen molar-refractivity contribution in [3.63, 3.8) is 0 Å². The second kappa shape index (κ2) is 6.57. The van der Waals surface area contributed by atoms with Crippen LogP contribution in [0.4, 0.5) is 0 Å². The monoisotopic (exact) mass is 249 g/mol. The molecule has 1 heterocycles. The van der Waals surface area contributed by atoms with Gasteiger partial charge in [0, 0.05) is 19.7 Å². The molecule has 5 heteroatoms. The second-order valence-electron chi connectivity index (χ2n) is 4.43. The number of hydrogen-bond acceptors (Lipinski definition) is 4. The van der Waals surface area contributed by atoms with Crippen LogP contribution in [0.3, 0.4) is 0 Å². The lowest BCUT2D eigenvalue weighted by Gasteiger charge is -2.13. The Morgan fingerprint density at radius 2 is 2.25 bits per heavy atom. The SMILES string of the molecule is CCC(C)S(=O)(=O)CCNCC1CCCO1. The summed E-state index contributed by atoms with van der Waals surface area (Å²) in [6, 6.07) is 0. The van der Waals surface area contributed by atoms with Crippen molar-refractivity contribution in [1.29, 1.82) is 0 Å². The molecule has 0 radical (unpaired) electrons. The van der Waals surface area contributed by atoms with E-state index >= 15 is 0 Å². The predicted molar refractivity (Wildman–Crippen MR) is 65.4 cm³/mol. The maximum atomic E-state index is 11.7. The molecule has 0 aromatic rings. The molecule has 0 spiro atoms. The number of sulfone groups is 1. The summed E-state index contributed by atoms with van der Waals surface area (Å²) in [4.78, 5) is 0. The van der Waals surface area contributed by atoms with Gasteiger partial charge < -0.3 is 10.1 Å². The minimum atomic E-state index is -2.91. The first-order valence-electron chi connectivity index (χ1n) is 6.10. The Kier molecular flexibility index (Phi) is 5.72. The van der Waals surface area contributed by atoms with E-state index in [1.54, 1.807) is 6.92 Å². The van der Waals surface area contributed by atoms with Crippen LogP contribution in [0.25, 0.3) is 0 Å². The van der Waals surface area contributed by atoms with Crippen LogP contribution in [-0.4, -0.2) is 45.2 Å². The summed E-state index contributed by atoms with van der Waals surface area (Å²) in [5.41, 5.74) is 0. The zero-order valence-electron chi connectivity index (χ0n) is 10.2. The maximum absolute atomic E-state index is 11.7. The van der Waals surface area contributed by atoms with Crippen LogP contribution >= 0.6 is 0 Å². The standard InChI is InChI=1S/C11H23NO3S/c1-3-10(2)16(13,14)8-6-12-9-11-5-4-7-15-11/h10-12H,3-9H2,1-2H3. The molecule has 1 saturated heterocycles. The first kappa shape index (κ1) is 13.9. The highest BCUT2D eigenvalue weighted by Crippen LogP contribution is 2.10. The Hall–Kier alpha value is -0.130. The molecule has 0 aliphatic carbocycles. The highest BCUT2D eigenvalue weighted by molar-refractivity contribution is 7.92. The number of nitrogens with one attached hydrogen (secondary N) is 1. The molecule has 16 heavy (non-hydrogen) atoms. The minimum absolute atomic E-state index is 0.225. The lowest BCUT2D eigenvalue weighted by molar-refractivity contribution is 0.110. The van der Waals surface area contributed by atoms with E-state index in [0.29, 0.717) is 13.0 Å². The fraction of sp³-hybridized carbons (Fsp3) is 1.00. The molecule has 0 bridgehead atoms. The van der Waals surface area contributed by atoms with E-state index in [1.165, 1.54) is 0 Å². The van der Waals surface area contributed by atoms with Gasteiger partial charge >= 0.3 is 0 Å². The molecule has 96 valence electrons. The third kappa shape index (κ3) is 4.39. The van der Waals surface area contributed by atoms with Crippen molar-refractivity contribution < 1.29 is 13.2 Å². The molecule has 1 N–H and O–H groups in total. The lowest BCUT2D eigenvalue weighted by atomic mass is 10.2. The average Bonchev–Trinajstić information content (AvgIpc) is 2.76. The van der Waals surface area contributed by atoms with Crippen LogP contribution < -0.4 is 5.32 Å². The Labute approximate surface area is 98.7 Å². The summed E-state index contributed by atoms with van der Waals surface area (Å²) in [5, 5.41) is 2.93. The molecule has 1 aliphatic heterocycles. The predicted octanol–water partition coefficient (Wildman–Crippen LogP) is 0.968. The molecule has 0 aromatic carbocycles. The normalized spacial score (nSPS) is 23.5. The van der Waals surface area contributed by atoms with Gasteiger partial charge in [0.15, 0.2) is 9.84 Å². The highest BCUT2D eigenvalue weighted by atomic mass is 32.2. The first-order valence-corrected chi connectivity index (χ1v) is 7.81. The third-order valence-electron chi connectivity index (χ3n) is 3.15. The van der Waals surface area contributed by atoms with Crippen LogP contribution in [0, 0.1) is 0 Å². The molecule has 2 unspecified atom stereocenters. The van der Waals surface area contributed by atoms with E-state index in [9.17, 15) is 8.42 Å². The van der Waals surface area contributed by atoms with E-state index in [-0.39, 0.29) is 17.1 Å². The quantitative estimate of drug-likeness (QED) is 0.683. The van der Waals surface area contributed by atoms with Gasteiger partial charge in [-0.05, 0) is 26.2 Å². The molecular weight excluding hydrogens is 226 g/mol. The van der Waals surface area contributed by atoms with Gasteiger partial charge in [-0.1, -0.05) is 6.92 Å². The van der Waals surface area contributed by atoms with Crippen molar-refractivity contribution >= 4 is 9.84 Å². The van der Waals surface area contributed by atoms with Gasteiger partial charge in [0.25, 0.3) is 0 Å². The highest BCUT2D eigenvalue weighted by Gasteiger charge is 2.19. The van der Waals surface area contributed by atoms with Gasteiger partial charge in [-0.2, -0.15) is 0 Å². The fourth-order valence-corrected chi connectivity index (χ4v) is 3.08. The molecule has 0 amide bonds. The molecule has 0 saturated carbocycles. The van der Waals surface area contributed by atoms with Crippen LogP contribution in [0.15, 0.2) is 0 Å². The lowest BCUT2D eigenvalue weighted by Crippen LogP contribution is -2.32. The van der Waals surface area contributed by atoms with Crippen LogP contribution in [-0.2, 0) is 14.6 Å². The van der Waals surface area contributed by atoms with Crippen molar-refractivity contribution in [3.05, 3.63) is 0 Å². The van der Waals surface area contributed by atoms with Crippen molar-refractivity contribution in [2.45, 2.75) is 44.5 Å². The largest absolute Gasteiger partial charge is 0.377 e. The van der Waals surface area contributed by atoms with Crippen LogP contribution in [0.5, 0.6) is 0 Å². The van der Waals surface area contributed by atoms with Crippen LogP contribution in [0.2, 0.25) is 0 Å². The number of rotatable bonds is 7. The zero-order chi connectivity index (χ0) is 12.0. The van der Waals surface area contributed by atoms with Gasteiger partial charge in [-0.25, -0.2) is 8.42 Å². The van der Waals surface area contributed by atoms with E-state index in [4.69, 9.17) is 4.74 Å². The summed E-state index contributed by atoms with van der Waals surface area (Å²) in [6.07, 6.45) is 3.18. The van der Waals surface area contributed by atoms with Crippen LogP contribution in [0.1, 0.15) is 33.1 Å². The van der Waals surface area contributed by atoms with E-state index < -0.39 is 9.84 Å². The van der Waals surface area contributed by atoms with E-state index in [1.807, 2.05) is 6.92 Å². The van der Waals surface area contributed by atoms with Gasteiger partial charge in [0.05, 0.1) is 17.1 Å². The molecule has 1 aliphatic rings. The Balaban J connectivity index is 2.14. The van der Waals surface area contributed by atoms with E-state index in [0.717, 1.165) is 26.0 Å². The molecule has 4 nitrogen and oxygen atoms in total. The third-order valence-corrected chi connectivity index (χ3v) is 5.48. The zero-order valence-corrected chi connectivity index (χ0v) is 11.1. The number of ether oxygens (including phenoxy) is 1. The van der Waals surface area contributed by atoms with E-state index in [2.05, 4.69) is 5.32 Å². The summed E-state index contributed by atoms with van der Waals surface area (Å²) in [7, 11) is -2.91. The van der Waals surface area contributed by atoms with Crippen molar-refractivity contribution in [1.82, 2.24) is 5.32 Å². The van der Waals surface area contributed by atoms with Gasteiger partial charge in [-0.3, -0.25) is 0 Å². The summed E-state index contributed by atoms with van der Waals surface area (Å²) in [5.74, 6) is 0.231. The average molecular weight is 249 g/mol. The van der Waals surface area contributed by atoms with Crippen molar-refractivity contribution in [2.24, 2.45) is 0 Å². The van der Waals surface area contributed by atoms with Gasteiger partial charge in [0.1, 0.15) is 0 Å². The minimum Gasteiger partial charge on any atom is -0.377 e. The topological polar surface area (TPSA) is 55.4 Å². The molecule has 1 fully saturated rings. The maximum Gasteiger partial charge on any atom is 0.154 e. The first-order chi connectivity index (χ1) is 7.56. The second-order valence-corrected chi connectivity index (χ2v) is 6.96. The molecule has 0 aromatic heterocycles.